The molecule has 3 N–H and O–H groups in total. The molecule has 1 heterocycles. The van der Waals surface area contributed by atoms with Crippen LogP contribution in [0.4, 0.5) is 0 Å². The predicted octanol–water partition coefficient (Wildman–Crippen LogP) is -0.167. The van der Waals surface area contributed by atoms with Crippen LogP contribution in [0, 0.1) is 5.41 Å². The van der Waals surface area contributed by atoms with Gasteiger partial charge in [0.05, 0.1) is 12.4 Å². The van der Waals surface area contributed by atoms with Gasteiger partial charge in [-0.05, 0) is 18.4 Å². The number of amides is 1. The van der Waals surface area contributed by atoms with E-state index in [0.29, 0.717) is 0 Å². The highest BCUT2D eigenvalue weighted by atomic mass is 32.2. The summed E-state index contributed by atoms with van der Waals surface area (Å²) in [5, 5.41) is 20.2. The van der Waals surface area contributed by atoms with Crippen LogP contribution in [0.2, 0.25) is 0 Å². The number of aliphatic hydroxyl groups is 1. The molecule has 9 heteroatoms. The summed E-state index contributed by atoms with van der Waals surface area (Å²) in [7, 11) is -3.39. The highest BCUT2D eigenvalue weighted by Crippen LogP contribution is 2.35. The molecule has 0 saturated carbocycles. The summed E-state index contributed by atoms with van der Waals surface area (Å²) in [4.78, 5) is 25.8. The predicted molar refractivity (Wildman–Crippen MR) is 94.9 cm³/mol. The number of carboxylic acid groups (broad SMARTS) is 1. The minimum Gasteiger partial charge on any atom is -0.481 e. The summed E-state index contributed by atoms with van der Waals surface area (Å²) < 4.78 is 24.4. The van der Waals surface area contributed by atoms with Crippen molar-refractivity contribution in [1.82, 2.24) is 9.62 Å². The van der Waals surface area contributed by atoms with Gasteiger partial charge in [0.25, 0.3) is 0 Å². The molecular weight excluding hydrogens is 360 g/mol. The number of aliphatic carboxylic acids is 1. The molecule has 1 amide bonds. The largest absolute Gasteiger partial charge is 0.481 e. The van der Waals surface area contributed by atoms with Gasteiger partial charge in [-0.15, -0.1) is 0 Å². The molecule has 1 saturated heterocycles. The second-order valence-electron chi connectivity index (χ2n) is 6.66. The number of likely N-dealkylation sites (tertiary alicyclic amines) is 1. The van der Waals surface area contributed by atoms with E-state index in [1.165, 1.54) is 4.90 Å². The number of carbonyl (C=O) groups is 2. The van der Waals surface area contributed by atoms with E-state index in [4.69, 9.17) is 0 Å². The first-order valence-corrected chi connectivity index (χ1v) is 10.2. The van der Waals surface area contributed by atoms with E-state index >= 15 is 0 Å². The fraction of sp³-hybridized carbons (Fsp3) is 0.529. The van der Waals surface area contributed by atoms with Gasteiger partial charge < -0.3 is 15.1 Å². The van der Waals surface area contributed by atoms with Gasteiger partial charge in [-0.1, -0.05) is 30.3 Å². The van der Waals surface area contributed by atoms with Gasteiger partial charge in [0.2, 0.25) is 15.9 Å². The van der Waals surface area contributed by atoms with Crippen molar-refractivity contribution < 1.29 is 28.2 Å². The highest BCUT2D eigenvalue weighted by molar-refractivity contribution is 7.88. The van der Waals surface area contributed by atoms with E-state index in [9.17, 15) is 28.2 Å². The Morgan fingerprint density at radius 3 is 2.54 bits per heavy atom. The molecule has 1 fully saturated rings. The molecule has 144 valence electrons. The first-order valence-electron chi connectivity index (χ1n) is 8.32. The molecule has 1 aromatic rings. The van der Waals surface area contributed by atoms with E-state index in [1.54, 1.807) is 24.3 Å². The van der Waals surface area contributed by atoms with Crippen LogP contribution in [-0.2, 0) is 26.0 Å². The van der Waals surface area contributed by atoms with Crippen LogP contribution in [0.5, 0.6) is 0 Å². The number of nitrogens with zero attached hydrogens (tertiary/aromatic N) is 1. The summed E-state index contributed by atoms with van der Waals surface area (Å²) >= 11 is 0. The standard InChI is InChI=1S/C17H24N2O6S/c1-26(24,25)18-9-7-15(21)19-10-8-14(20)17(12-19,16(22)23)11-13-5-3-2-4-6-13/h2-6,14,18,20H,7-12H2,1H3,(H,22,23)/t14-,17-/m1/s1. The second kappa shape index (κ2) is 8.15. The summed E-state index contributed by atoms with van der Waals surface area (Å²) in [5.74, 6) is -1.49. The molecule has 1 aliphatic rings. The zero-order chi connectivity index (χ0) is 19.4. The van der Waals surface area contributed by atoms with Gasteiger partial charge in [0, 0.05) is 26.1 Å². The van der Waals surface area contributed by atoms with Crippen molar-refractivity contribution in [2.75, 3.05) is 25.9 Å². The van der Waals surface area contributed by atoms with Crippen molar-refractivity contribution in [3.63, 3.8) is 0 Å². The molecule has 1 aliphatic heterocycles. The minimum absolute atomic E-state index is 0.0462. The Balaban J connectivity index is 2.12. The topological polar surface area (TPSA) is 124 Å². The smallest absolute Gasteiger partial charge is 0.314 e. The van der Waals surface area contributed by atoms with Gasteiger partial charge in [-0.2, -0.15) is 0 Å². The molecule has 0 aromatic heterocycles. The summed E-state index contributed by atoms with van der Waals surface area (Å²) in [5.41, 5.74) is -0.721. The monoisotopic (exact) mass is 384 g/mol. The number of hydrogen-bond donors (Lipinski definition) is 3. The molecule has 2 atom stereocenters. The Morgan fingerprint density at radius 2 is 1.96 bits per heavy atom. The van der Waals surface area contributed by atoms with Crippen LogP contribution in [0.1, 0.15) is 18.4 Å². The Hall–Kier alpha value is -1.97. The number of aliphatic hydroxyl groups excluding tert-OH is 1. The van der Waals surface area contributed by atoms with E-state index in [2.05, 4.69) is 4.72 Å². The highest BCUT2D eigenvalue weighted by Gasteiger charge is 2.50. The van der Waals surface area contributed by atoms with Crippen LogP contribution in [0.3, 0.4) is 0 Å². The maximum Gasteiger partial charge on any atom is 0.314 e. The molecular formula is C17H24N2O6S. The number of sulfonamides is 1. The third kappa shape index (κ3) is 5.03. The lowest BCUT2D eigenvalue weighted by atomic mass is 9.72. The summed E-state index contributed by atoms with van der Waals surface area (Å²) in [6, 6.07) is 8.97. The zero-order valence-corrected chi connectivity index (χ0v) is 15.4. The Bertz CT molecular complexity index is 752. The summed E-state index contributed by atoms with van der Waals surface area (Å²) in [6.07, 6.45) is 0.132. The number of carboxylic acids is 1. The molecule has 2 rings (SSSR count). The molecule has 1 aromatic carbocycles. The van der Waals surface area contributed by atoms with Crippen LogP contribution in [0.25, 0.3) is 0 Å². The van der Waals surface area contributed by atoms with E-state index in [0.717, 1.165) is 11.8 Å². The van der Waals surface area contributed by atoms with Crippen molar-refractivity contribution in [2.24, 2.45) is 5.41 Å². The van der Waals surface area contributed by atoms with E-state index in [1.807, 2.05) is 6.07 Å². The SMILES string of the molecule is CS(=O)(=O)NCCC(=O)N1CC[C@@H](O)[C@](Cc2ccccc2)(C(=O)O)C1. The molecule has 0 aliphatic carbocycles. The van der Waals surface area contributed by atoms with Gasteiger partial charge in [0.15, 0.2) is 0 Å². The van der Waals surface area contributed by atoms with Gasteiger partial charge in [-0.3, -0.25) is 9.59 Å². The third-order valence-corrected chi connectivity index (χ3v) is 5.36. The van der Waals surface area contributed by atoms with Crippen molar-refractivity contribution in [1.29, 1.82) is 0 Å². The summed E-state index contributed by atoms with van der Waals surface area (Å²) in [6.45, 7) is 0.0777. The zero-order valence-electron chi connectivity index (χ0n) is 14.6. The maximum absolute atomic E-state index is 12.4. The number of hydrogen-bond acceptors (Lipinski definition) is 5. The van der Waals surface area contributed by atoms with Crippen molar-refractivity contribution in [3.8, 4) is 0 Å². The normalized spacial score (nSPS) is 23.6. The van der Waals surface area contributed by atoms with Gasteiger partial charge in [0.1, 0.15) is 5.41 Å². The average Bonchev–Trinajstić information content (AvgIpc) is 2.56. The first kappa shape index (κ1) is 20.3. The molecule has 26 heavy (non-hydrogen) atoms. The van der Waals surface area contributed by atoms with Crippen molar-refractivity contribution in [2.45, 2.75) is 25.4 Å². The molecule has 8 nitrogen and oxygen atoms in total. The third-order valence-electron chi connectivity index (χ3n) is 4.63. The van der Waals surface area contributed by atoms with Crippen LogP contribution < -0.4 is 4.72 Å². The van der Waals surface area contributed by atoms with E-state index < -0.39 is 27.5 Å². The quantitative estimate of drug-likeness (QED) is 0.600. The molecule has 0 unspecified atom stereocenters. The van der Waals surface area contributed by atoms with Gasteiger partial charge in [-0.25, -0.2) is 13.1 Å². The maximum atomic E-state index is 12.4. The fourth-order valence-corrected chi connectivity index (χ4v) is 3.69. The lowest BCUT2D eigenvalue weighted by Crippen LogP contribution is -2.58. The number of carbonyl (C=O) groups excluding carboxylic acids is 1. The number of nitrogens with one attached hydrogen (secondary N) is 1. The lowest BCUT2D eigenvalue weighted by Gasteiger charge is -2.43. The molecule has 0 radical (unpaired) electrons. The minimum atomic E-state index is -3.39. The molecule has 0 spiro atoms. The van der Waals surface area contributed by atoms with Crippen molar-refractivity contribution in [3.05, 3.63) is 35.9 Å². The Labute approximate surface area is 152 Å². The Kier molecular flexibility index (Phi) is 6.38. The molecule has 0 bridgehead atoms. The van der Waals surface area contributed by atoms with Crippen LogP contribution in [-0.4, -0.2) is 67.4 Å². The number of rotatable bonds is 7. The van der Waals surface area contributed by atoms with Crippen LogP contribution in [0.15, 0.2) is 30.3 Å². The van der Waals surface area contributed by atoms with Crippen LogP contribution >= 0.6 is 0 Å². The van der Waals surface area contributed by atoms with Crippen molar-refractivity contribution >= 4 is 21.9 Å². The average molecular weight is 384 g/mol. The Morgan fingerprint density at radius 1 is 1.31 bits per heavy atom. The van der Waals surface area contributed by atoms with E-state index in [-0.39, 0.29) is 44.8 Å². The second-order valence-corrected chi connectivity index (χ2v) is 8.49. The lowest BCUT2D eigenvalue weighted by molar-refractivity contribution is -0.165. The fourth-order valence-electron chi connectivity index (χ4n) is 3.21. The van der Waals surface area contributed by atoms with Gasteiger partial charge >= 0.3 is 5.97 Å². The number of piperidine rings is 1. The first-order chi connectivity index (χ1) is 12.1. The number of benzene rings is 1.